The number of piperidine rings is 1. The first kappa shape index (κ1) is 23.6. The fraction of sp³-hybridized carbons (Fsp3) is 0.423. The minimum atomic E-state index is -0.999. The van der Waals surface area contributed by atoms with Crippen molar-refractivity contribution < 1.29 is 18.8 Å². The second-order valence-electron chi connectivity index (χ2n) is 9.25. The lowest BCUT2D eigenvalue weighted by Gasteiger charge is -2.40. The average Bonchev–Trinajstić information content (AvgIpc) is 3.46. The number of thiophene rings is 1. The molecule has 3 aromatic rings. The molecule has 5 rings (SSSR count). The van der Waals surface area contributed by atoms with Gasteiger partial charge in [0.05, 0.1) is 4.88 Å². The molecule has 2 aromatic heterocycles. The van der Waals surface area contributed by atoms with Gasteiger partial charge in [-0.05, 0) is 56.8 Å². The highest BCUT2D eigenvalue weighted by atomic mass is 32.1. The van der Waals surface area contributed by atoms with Gasteiger partial charge in [0, 0.05) is 37.1 Å². The number of furan rings is 1. The molecule has 2 fully saturated rings. The number of benzene rings is 1. The second-order valence-corrected chi connectivity index (χ2v) is 10.2. The van der Waals surface area contributed by atoms with E-state index in [2.05, 4.69) is 10.6 Å². The molecule has 0 radical (unpaired) electrons. The van der Waals surface area contributed by atoms with Crippen LogP contribution in [-0.2, 0) is 4.79 Å². The van der Waals surface area contributed by atoms with Crippen LogP contribution in [0.4, 0.5) is 0 Å². The average molecular weight is 495 g/mol. The zero-order chi connectivity index (χ0) is 24.4. The lowest BCUT2D eigenvalue weighted by atomic mass is 9.86. The fourth-order valence-corrected chi connectivity index (χ4v) is 5.78. The van der Waals surface area contributed by atoms with Gasteiger partial charge in [-0.1, -0.05) is 24.3 Å². The Hall–Kier alpha value is -3.17. The monoisotopic (exact) mass is 494 g/mol. The Bertz CT molecular complexity index is 1230. The highest BCUT2D eigenvalue weighted by Gasteiger charge is 2.44. The van der Waals surface area contributed by atoms with E-state index in [9.17, 15) is 14.4 Å². The standard InChI is InChI=1S/C26H30N4O4S/c1-18-19-6-2-3-7-20(19)34-22(18)23(31)28-26(9-11-27-12-10-26)25(33)30-14-5-13-29(15-16-30)24(32)21-8-4-17-35-21/h2-4,6-8,17,27H,5,9-16H2,1H3,(H,28,31). The molecule has 0 spiro atoms. The normalized spacial score (nSPS) is 18.3. The summed E-state index contributed by atoms with van der Waals surface area (Å²) in [5, 5.41) is 9.17. The van der Waals surface area contributed by atoms with Crippen molar-refractivity contribution >= 4 is 40.0 Å². The number of hydrogen-bond donors (Lipinski definition) is 2. The third-order valence-electron chi connectivity index (χ3n) is 7.07. The molecule has 0 bridgehead atoms. The Morgan fingerprint density at radius 2 is 1.74 bits per heavy atom. The van der Waals surface area contributed by atoms with Crippen LogP contribution >= 0.6 is 11.3 Å². The van der Waals surface area contributed by atoms with Crippen LogP contribution < -0.4 is 10.6 Å². The maximum atomic E-state index is 13.9. The first-order valence-electron chi connectivity index (χ1n) is 12.1. The first-order valence-corrected chi connectivity index (χ1v) is 13.0. The summed E-state index contributed by atoms with van der Waals surface area (Å²) in [4.78, 5) is 44.5. The zero-order valence-electron chi connectivity index (χ0n) is 19.8. The Morgan fingerprint density at radius 1 is 1.00 bits per heavy atom. The highest BCUT2D eigenvalue weighted by Crippen LogP contribution is 2.28. The summed E-state index contributed by atoms with van der Waals surface area (Å²) < 4.78 is 5.87. The van der Waals surface area contributed by atoms with E-state index in [0.29, 0.717) is 69.0 Å². The van der Waals surface area contributed by atoms with E-state index in [1.54, 1.807) is 0 Å². The highest BCUT2D eigenvalue weighted by molar-refractivity contribution is 7.12. The maximum absolute atomic E-state index is 13.9. The number of rotatable bonds is 4. The van der Waals surface area contributed by atoms with Gasteiger partial charge in [-0.15, -0.1) is 11.3 Å². The van der Waals surface area contributed by atoms with Crippen LogP contribution in [0.25, 0.3) is 11.0 Å². The number of nitrogens with one attached hydrogen (secondary N) is 2. The van der Waals surface area contributed by atoms with Gasteiger partial charge in [0.15, 0.2) is 5.76 Å². The summed E-state index contributed by atoms with van der Waals surface area (Å²) >= 11 is 1.43. The number of para-hydroxylation sites is 1. The molecule has 0 saturated carbocycles. The smallest absolute Gasteiger partial charge is 0.288 e. The summed E-state index contributed by atoms with van der Waals surface area (Å²) in [5.41, 5.74) is 0.428. The molecule has 3 amide bonds. The molecule has 0 unspecified atom stereocenters. The van der Waals surface area contributed by atoms with Gasteiger partial charge < -0.3 is 24.9 Å². The van der Waals surface area contributed by atoms with Crippen molar-refractivity contribution in [2.75, 3.05) is 39.3 Å². The molecule has 2 aliphatic rings. The van der Waals surface area contributed by atoms with Crippen LogP contribution in [0.1, 0.15) is 45.1 Å². The van der Waals surface area contributed by atoms with Crippen LogP contribution in [0.3, 0.4) is 0 Å². The van der Waals surface area contributed by atoms with Crippen molar-refractivity contribution in [3.05, 3.63) is 58.0 Å². The molecule has 0 atom stereocenters. The number of fused-ring (bicyclic) bond motifs is 1. The Labute approximate surface area is 208 Å². The van der Waals surface area contributed by atoms with Gasteiger partial charge in [-0.25, -0.2) is 0 Å². The Balaban J connectivity index is 1.34. The number of carbonyl (C=O) groups excluding carboxylic acids is 3. The third-order valence-corrected chi connectivity index (χ3v) is 7.93. The second kappa shape index (κ2) is 9.83. The number of nitrogens with zero attached hydrogens (tertiary/aromatic N) is 2. The minimum Gasteiger partial charge on any atom is -0.451 e. The Kier molecular flexibility index (Phi) is 6.62. The number of hydrogen-bond acceptors (Lipinski definition) is 6. The molecule has 9 heteroatoms. The predicted octanol–water partition coefficient (Wildman–Crippen LogP) is 3.03. The molecule has 1 aromatic carbocycles. The van der Waals surface area contributed by atoms with E-state index in [0.717, 1.165) is 10.9 Å². The lowest BCUT2D eigenvalue weighted by molar-refractivity contribution is -0.139. The minimum absolute atomic E-state index is 0.0135. The number of carbonyl (C=O) groups is 3. The fourth-order valence-electron chi connectivity index (χ4n) is 5.09. The van der Waals surface area contributed by atoms with E-state index in [-0.39, 0.29) is 23.5 Å². The van der Waals surface area contributed by atoms with Gasteiger partial charge in [0.25, 0.3) is 11.8 Å². The summed E-state index contributed by atoms with van der Waals surface area (Å²) in [6.07, 6.45) is 1.71. The van der Waals surface area contributed by atoms with Crippen LogP contribution in [0, 0.1) is 6.92 Å². The van der Waals surface area contributed by atoms with E-state index in [1.165, 1.54) is 11.3 Å². The van der Waals surface area contributed by atoms with Gasteiger partial charge in [-0.3, -0.25) is 14.4 Å². The van der Waals surface area contributed by atoms with E-state index in [4.69, 9.17) is 4.42 Å². The largest absolute Gasteiger partial charge is 0.451 e. The summed E-state index contributed by atoms with van der Waals surface area (Å²) in [7, 11) is 0. The molecular formula is C26H30N4O4S. The van der Waals surface area contributed by atoms with E-state index in [1.807, 2.05) is 58.5 Å². The van der Waals surface area contributed by atoms with Crippen LogP contribution in [0.2, 0.25) is 0 Å². The molecule has 2 N–H and O–H groups in total. The topological polar surface area (TPSA) is 94.9 Å². The van der Waals surface area contributed by atoms with Crippen LogP contribution in [0.15, 0.2) is 46.2 Å². The molecular weight excluding hydrogens is 464 g/mol. The molecule has 2 saturated heterocycles. The van der Waals surface area contributed by atoms with Crippen molar-refractivity contribution in [2.24, 2.45) is 0 Å². The first-order chi connectivity index (χ1) is 17.0. The third kappa shape index (κ3) is 4.58. The molecule has 35 heavy (non-hydrogen) atoms. The van der Waals surface area contributed by atoms with E-state index < -0.39 is 5.54 Å². The maximum Gasteiger partial charge on any atom is 0.288 e. The van der Waals surface area contributed by atoms with Gasteiger partial charge >= 0.3 is 0 Å². The Morgan fingerprint density at radius 3 is 2.49 bits per heavy atom. The van der Waals surface area contributed by atoms with Crippen LogP contribution in [-0.4, -0.2) is 72.3 Å². The van der Waals surface area contributed by atoms with Crippen molar-refractivity contribution in [3.8, 4) is 0 Å². The van der Waals surface area contributed by atoms with Gasteiger partial charge in [0.2, 0.25) is 5.91 Å². The van der Waals surface area contributed by atoms with E-state index >= 15 is 0 Å². The van der Waals surface area contributed by atoms with Gasteiger partial charge in [-0.2, -0.15) is 0 Å². The lowest BCUT2D eigenvalue weighted by Crippen LogP contribution is -2.63. The zero-order valence-corrected chi connectivity index (χ0v) is 20.7. The molecule has 8 nitrogen and oxygen atoms in total. The molecule has 2 aliphatic heterocycles. The molecule has 184 valence electrons. The molecule has 4 heterocycles. The predicted molar refractivity (Wildman–Crippen MR) is 135 cm³/mol. The summed E-state index contributed by atoms with van der Waals surface area (Å²) in [5.74, 6) is -0.176. The van der Waals surface area contributed by atoms with Crippen LogP contribution in [0.5, 0.6) is 0 Å². The van der Waals surface area contributed by atoms with Crippen molar-refractivity contribution in [2.45, 2.75) is 31.7 Å². The molecule has 0 aliphatic carbocycles. The SMILES string of the molecule is Cc1c(C(=O)NC2(C(=O)N3CCCN(C(=O)c4cccs4)CC3)CCNCC2)oc2ccccc12. The van der Waals surface area contributed by atoms with Crippen molar-refractivity contribution in [3.63, 3.8) is 0 Å². The van der Waals surface area contributed by atoms with Crippen molar-refractivity contribution in [1.29, 1.82) is 0 Å². The number of aryl methyl sites for hydroxylation is 1. The summed E-state index contributed by atoms with van der Waals surface area (Å²) in [6, 6.07) is 11.3. The van der Waals surface area contributed by atoms with Gasteiger partial charge in [0.1, 0.15) is 11.1 Å². The summed E-state index contributed by atoms with van der Waals surface area (Å²) in [6.45, 7) is 5.25. The quantitative estimate of drug-likeness (QED) is 0.582. The van der Waals surface area contributed by atoms with Crippen molar-refractivity contribution in [1.82, 2.24) is 20.4 Å². The number of amides is 3.